The van der Waals surface area contributed by atoms with E-state index in [1.165, 1.54) is 4.68 Å². The number of rotatable bonds is 7. The maximum absolute atomic E-state index is 12.5. The second-order valence-electron chi connectivity index (χ2n) is 5.47. The molecule has 0 aliphatic carbocycles. The topological polar surface area (TPSA) is 89.0 Å². The van der Waals surface area contributed by atoms with Crippen molar-refractivity contribution in [1.82, 2.24) is 20.1 Å². The van der Waals surface area contributed by atoms with E-state index in [0.717, 1.165) is 22.7 Å². The van der Waals surface area contributed by atoms with Gasteiger partial charge in [-0.3, -0.25) is 9.59 Å². The van der Waals surface area contributed by atoms with Gasteiger partial charge in [0.05, 0.1) is 6.20 Å². The summed E-state index contributed by atoms with van der Waals surface area (Å²) >= 11 is 0. The molecule has 1 amide bonds. The largest absolute Gasteiger partial charge is 0.382 e. The molecule has 7 heteroatoms. The Bertz CT molecular complexity index is 913. The fourth-order valence-electron chi connectivity index (χ4n) is 2.63. The predicted octanol–water partition coefficient (Wildman–Crippen LogP) is 1.42. The minimum atomic E-state index is -0.298. The Morgan fingerprint density at radius 2 is 2.17 bits per heavy atom. The van der Waals surface area contributed by atoms with E-state index in [1.807, 2.05) is 31.2 Å². The maximum atomic E-state index is 12.5. The van der Waals surface area contributed by atoms with Gasteiger partial charge >= 0.3 is 0 Å². The lowest BCUT2D eigenvalue weighted by Crippen LogP contribution is -2.34. The van der Waals surface area contributed by atoms with Crippen LogP contribution >= 0.6 is 0 Å². The zero-order valence-corrected chi connectivity index (χ0v) is 13.5. The fourth-order valence-corrected chi connectivity index (χ4v) is 2.63. The molecule has 0 unspecified atom stereocenters. The van der Waals surface area contributed by atoms with Crippen molar-refractivity contribution in [3.8, 4) is 0 Å². The van der Waals surface area contributed by atoms with Crippen LogP contribution in [0.4, 0.5) is 0 Å². The predicted molar refractivity (Wildman–Crippen MR) is 92.0 cm³/mol. The van der Waals surface area contributed by atoms with E-state index in [-0.39, 0.29) is 18.0 Å². The molecule has 2 aromatic heterocycles. The molecule has 0 bridgehead atoms. The Hall–Kier alpha value is -2.67. The fraction of sp³-hybridized carbons (Fsp3) is 0.353. The summed E-state index contributed by atoms with van der Waals surface area (Å²) in [6.07, 6.45) is 2.36. The number of fused-ring (bicyclic) bond motifs is 3. The monoisotopic (exact) mass is 328 g/mol. The van der Waals surface area contributed by atoms with E-state index in [0.29, 0.717) is 25.3 Å². The van der Waals surface area contributed by atoms with Crippen LogP contribution in [0.15, 0.2) is 35.3 Å². The third-order valence-corrected chi connectivity index (χ3v) is 3.81. The average molecular weight is 328 g/mol. The Morgan fingerprint density at radius 3 is 3.00 bits per heavy atom. The summed E-state index contributed by atoms with van der Waals surface area (Å²) in [6, 6.07) is 7.66. The summed E-state index contributed by atoms with van der Waals surface area (Å²) in [7, 11) is 0. The molecule has 0 saturated carbocycles. The number of nitrogens with one attached hydrogen (secondary N) is 2. The quantitative estimate of drug-likeness (QED) is 0.642. The minimum absolute atomic E-state index is 0.0984. The summed E-state index contributed by atoms with van der Waals surface area (Å²) in [6.45, 7) is 3.62. The molecule has 3 aromatic rings. The number of carbonyl (C=O) groups is 1. The van der Waals surface area contributed by atoms with Crippen LogP contribution in [0, 0.1) is 0 Å². The lowest BCUT2D eigenvalue weighted by Gasteiger charge is -2.06. The molecule has 0 spiro atoms. The van der Waals surface area contributed by atoms with E-state index < -0.39 is 0 Å². The van der Waals surface area contributed by atoms with Crippen LogP contribution in [0.5, 0.6) is 0 Å². The zero-order valence-electron chi connectivity index (χ0n) is 13.5. The van der Waals surface area contributed by atoms with E-state index in [2.05, 4.69) is 15.4 Å². The molecule has 0 saturated heterocycles. The summed E-state index contributed by atoms with van der Waals surface area (Å²) < 4.78 is 6.38. The molecular weight excluding hydrogens is 308 g/mol. The lowest BCUT2D eigenvalue weighted by atomic mass is 10.2. The first-order valence-corrected chi connectivity index (χ1v) is 8.01. The number of aromatic amines is 1. The van der Waals surface area contributed by atoms with Crippen molar-refractivity contribution >= 4 is 27.7 Å². The number of hydrogen-bond donors (Lipinski definition) is 2. The van der Waals surface area contributed by atoms with Crippen LogP contribution < -0.4 is 10.9 Å². The molecule has 2 N–H and O–H groups in total. The summed E-state index contributed by atoms with van der Waals surface area (Å²) in [4.78, 5) is 27.6. The van der Waals surface area contributed by atoms with Crippen LogP contribution in [0.3, 0.4) is 0 Å². The van der Waals surface area contributed by atoms with Gasteiger partial charge in [0.15, 0.2) is 0 Å². The molecule has 2 heterocycles. The third-order valence-electron chi connectivity index (χ3n) is 3.81. The Morgan fingerprint density at radius 1 is 1.33 bits per heavy atom. The van der Waals surface area contributed by atoms with Crippen molar-refractivity contribution in [1.29, 1.82) is 0 Å². The first-order valence-electron chi connectivity index (χ1n) is 8.01. The highest BCUT2D eigenvalue weighted by atomic mass is 16.5. The zero-order chi connectivity index (χ0) is 16.9. The van der Waals surface area contributed by atoms with Gasteiger partial charge in [-0.1, -0.05) is 18.2 Å². The number of para-hydroxylation sites is 1. The average Bonchev–Trinajstić information content (AvgIpc) is 2.97. The van der Waals surface area contributed by atoms with Crippen LogP contribution in [0.1, 0.15) is 13.3 Å². The molecule has 0 aliphatic heterocycles. The van der Waals surface area contributed by atoms with Gasteiger partial charge in [-0.05, 0) is 19.4 Å². The van der Waals surface area contributed by atoms with Crippen molar-refractivity contribution < 1.29 is 9.53 Å². The van der Waals surface area contributed by atoms with Crippen molar-refractivity contribution in [2.45, 2.75) is 19.9 Å². The van der Waals surface area contributed by atoms with E-state index in [9.17, 15) is 9.59 Å². The first-order chi connectivity index (χ1) is 11.7. The lowest BCUT2D eigenvalue weighted by molar-refractivity contribution is -0.121. The van der Waals surface area contributed by atoms with Crippen molar-refractivity contribution in [2.24, 2.45) is 0 Å². The second kappa shape index (κ2) is 7.27. The van der Waals surface area contributed by atoms with Crippen LogP contribution in [-0.2, 0) is 16.1 Å². The molecular formula is C17H20N4O3. The van der Waals surface area contributed by atoms with Crippen molar-refractivity contribution in [3.63, 3.8) is 0 Å². The molecule has 7 nitrogen and oxygen atoms in total. The SMILES string of the molecule is CCOCCCNC(=O)Cn1ncc2c([nH]c3ccccc32)c1=O. The number of carbonyl (C=O) groups excluding carboxylic acids is 1. The number of hydrogen-bond acceptors (Lipinski definition) is 4. The van der Waals surface area contributed by atoms with Gasteiger partial charge in [0, 0.05) is 36.0 Å². The number of nitrogens with zero attached hydrogens (tertiary/aromatic N) is 2. The summed E-state index contributed by atoms with van der Waals surface area (Å²) in [5.41, 5.74) is 1.05. The maximum Gasteiger partial charge on any atom is 0.291 e. The standard InChI is InChI=1S/C17H20N4O3/c1-2-24-9-5-8-18-15(22)11-21-17(23)16-13(10-19-21)12-6-3-4-7-14(12)20-16/h3-4,6-7,10,20H,2,5,8-9,11H2,1H3,(H,18,22). The Balaban J connectivity index is 1.73. The molecule has 0 atom stereocenters. The number of aromatic nitrogens is 3. The summed E-state index contributed by atoms with van der Waals surface area (Å²) in [5.74, 6) is -0.239. The van der Waals surface area contributed by atoms with E-state index >= 15 is 0 Å². The first kappa shape index (κ1) is 16.2. The normalized spacial score (nSPS) is 11.2. The Kier molecular flexibility index (Phi) is 4.90. The number of ether oxygens (including phenoxy) is 1. The van der Waals surface area contributed by atoms with Gasteiger partial charge in [-0.25, -0.2) is 4.68 Å². The number of amides is 1. The van der Waals surface area contributed by atoms with Crippen molar-refractivity contribution in [2.75, 3.05) is 19.8 Å². The van der Waals surface area contributed by atoms with Gasteiger partial charge in [-0.15, -0.1) is 0 Å². The third kappa shape index (κ3) is 3.30. The molecule has 1 aromatic carbocycles. The van der Waals surface area contributed by atoms with Gasteiger partial charge in [0.2, 0.25) is 5.91 Å². The highest BCUT2D eigenvalue weighted by Crippen LogP contribution is 2.21. The van der Waals surface area contributed by atoms with Crippen molar-refractivity contribution in [3.05, 3.63) is 40.8 Å². The number of benzene rings is 1. The van der Waals surface area contributed by atoms with Crippen LogP contribution in [-0.4, -0.2) is 40.4 Å². The van der Waals surface area contributed by atoms with E-state index in [1.54, 1.807) is 6.20 Å². The van der Waals surface area contributed by atoms with Gasteiger partial charge in [0.25, 0.3) is 5.56 Å². The summed E-state index contributed by atoms with van der Waals surface area (Å²) in [5, 5.41) is 8.60. The molecule has 24 heavy (non-hydrogen) atoms. The molecule has 0 fully saturated rings. The molecule has 0 radical (unpaired) electrons. The second-order valence-corrected chi connectivity index (χ2v) is 5.47. The van der Waals surface area contributed by atoms with Gasteiger partial charge < -0.3 is 15.0 Å². The highest BCUT2D eigenvalue weighted by molar-refractivity contribution is 6.06. The van der Waals surface area contributed by atoms with Crippen LogP contribution in [0.2, 0.25) is 0 Å². The molecule has 0 aliphatic rings. The van der Waals surface area contributed by atoms with Gasteiger partial charge in [-0.2, -0.15) is 5.10 Å². The molecule has 3 rings (SSSR count). The Labute approximate surface area is 138 Å². The minimum Gasteiger partial charge on any atom is -0.382 e. The smallest absolute Gasteiger partial charge is 0.291 e. The molecule has 126 valence electrons. The number of H-pyrrole nitrogens is 1. The van der Waals surface area contributed by atoms with E-state index in [4.69, 9.17) is 4.74 Å². The van der Waals surface area contributed by atoms with Crippen LogP contribution in [0.25, 0.3) is 21.8 Å². The van der Waals surface area contributed by atoms with Gasteiger partial charge in [0.1, 0.15) is 12.1 Å². The highest BCUT2D eigenvalue weighted by Gasteiger charge is 2.12.